The Kier molecular flexibility index (Phi) is 4.51. The maximum Gasteiger partial charge on any atom is 0.331 e. The van der Waals surface area contributed by atoms with E-state index in [4.69, 9.17) is 9.84 Å². The first kappa shape index (κ1) is 13.0. The van der Waals surface area contributed by atoms with Crippen molar-refractivity contribution in [1.29, 1.82) is 0 Å². The van der Waals surface area contributed by atoms with Gasteiger partial charge in [-0.05, 0) is 24.6 Å². The summed E-state index contributed by atoms with van der Waals surface area (Å²) in [7, 11) is 1.43. The Morgan fingerprint density at radius 1 is 1.59 bits per heavy atom. The molecule has 1 N–H and O–H groups in total. The van der Waals surface area contributed by atoms with Crippen molar-refractivity contribution in [1.82, 2.24) is 4.90 Å². The van der Waals surface area contributed by atoms with Gasteiger partial charge in [-0.15, -0.1) is 0 Å². The van der Waals surface area contributed by atoms with Crippen LogP contribution in [0.4, 0.5) is 0 Å². The van der Waals surface area contributed by atoms with Crippen molar-refractivity contribution >= 4 is 12.4 Å². The minimum absolute atomic E-state index is 0.492. The Balaban J connectivity index is 3.05. The van der Waals surface area contributed by atoms with Gasteiger partial charge in [0, 0.05) is 7.05 Å². The summed E-state index contributed by atoms with van der Waals surface area (Å²) in [5.74, 6) is -0.483. The van der Waals surface area contributed by atoms with Crippen LogP contribution in [0, 0.1) is 0 Å². The highest BCUT2D eigenvalue weighted by Gasteiger charge is 2.23. The molecule has 1 unspecified atom stereocenters. The summed E-state index contributed by atoms with van der Waals surface area (Å²) < 4.78 is 5.29. The second kappa shape index (κ2) is 5.89. The van der Waals surface area contributed by atoms with Gasteiger partial charge in [0.2, 0.25) is 6.41 Å². The number of hydrogen-bond donors (Lipinski definition) is 1. The Labute approximate surface area is 99.6 Å². The van der Waals surface area contributed by atoms with E-state index in [1.54, 1.807) is 24.3 Å². The van der Waals surface area contributed by atoms with Gasteiger partial charge in [-0.3, -0.25) is 4.79 Å². The zero-order chi connectivity index (χ0) is 12.8. The highest BCUT2D eigenvalue weighted by molar-refractivity contribution is 5.78. The van der Waals surface area contributed by atoms with Crippen molar-refractivity contribution in [3.05, 3.63) is 29.8 Å². The fraction of sp³-hybridized carbons (Fsp3) is 0.333. The summed E-state index contributed by atoms with van der Waals surface area (Å²) >= 11 is 0. The number of benzene rings is 1. The molecule has 0 bridgehead atoms. The normalized spacial score (nSPS) is 11.6. The maximum absolute atomic E-state index is 11.1. The van der Waals surface area contributed by atoms with Crippen LogP contribution in [0.5, 0.6) is 5.75 Å². The first-order chi connectivity index (χ1) is 8.10. The Morgan fingerprint density at radius 3 is 2.82 bits per heavy atom. The van der Waals surface area contributed by atoms with E-state index in [1.807, 2.05) is 6.92 Å². The minimum Gasteiger partial charge on any atom is -0.494 e. The number of carboxylic acids is 1. The fourth-order valence-electron chi connectivity index (χ4n) is 1.55. The number of nitrogens with zero attached hydrogens (tertiary/aromatic N) is 1. The quantitative estimate of drug-likeness (QED) is 0.757. The number of carbonyl (C=O) groups is 2. The zero-order valence-electron chi connectivity index (χ0n) is 9.79. The molecule has 0 aliphatic carbocycles. The van der Waals surface area contributed by atoms with Crippen LogP contribution < -0.4 is 4.74 Å². The van der Waals surface area contributed by atoms with E-state index in [9.17, 15) is 9.59 Å². The van der Waals surface area contributed by atoms with Crippen LogP contribution in [0.15, 0.2) is 24.3 Å². The summed E-state index contributed by atoms with van der Waals surface area (Å²) in [6, 6.07) is 5.73. The molecule has 0 saturated carbocycles. The molecule has 0 spiro atoms. The van der Waals surface area contributed by atoms with Crippen molar-refractivity contribution in [3.63, 3.8) is 0 Å². The molecule has 0 radical (unpaired) electrons. The summed E-state index contributed by atoms with van der Waals surface area (Å²) in [6.07, 6.45) is 0.492. The standard InChI is InChI=1S/C12H15NO4/c1-3-17-10-6-4-5-9(7-10)11(12(15)16)13(2)8-14/h4-8,11H,3H2,1-2H3,(H,15,16). The first-order valence-corrected chi connectivity index (χ1v) is 5.23. The van der Waals surface area contributed by atoms with Gasteiger partial charge in [0.15, 0.2) is 6.04 Å². The fourth-order valence-corrected chi connectivity index (χ4v) is 1.55. The molecule has 1 aromatic rings. The van der Waals surface area contributed by atoms with E-state index in [0.717, 1.165) is 4.90 Å². The van der Waals surface area contributed by atoms with E-state index >= 15 is 0 Å². The Hall–Kier alpha value is -2.04. The first-order valence-electron chi connectivity index (χ1n) is 5.23. The van der Waals surface area contributed by atoms with Crippen molar-refractivity contribution in [3.8, 4) is 5.75 Å². The second-order valence-electron chi connectivity index (χ2n) is 3.52. The molecule has 1 aromatic carbocycles. The second-order valence-corrected chi connectivity index (χ2v) is 3.52. The molecule has 0 fully saturated rings. The molecular weight excluding hydrogens is 222 g/mol. The summed E-state index contributed by atoms with van der Waals surface area (Å²) in [4.78, 5) is 22.9. The van der Waals surface area contributed by atoms with E-state index in [1.165, 1.54) is 7.05 Å². The lowest BCUT2D eigenvalue weighted by molar-refractivity contribution is -0.145. The topological polar surface area (TPSA) is 66.8 Å². The van der Waals surface area contributed by atoms with Crippen LogP contribution in [0.3, 0.4) is 0 Å². The largest absolute Gasteiger partial charge is 0.494 e. The van der Waals surface area contributed by atoms with E-state index in [2.05, 4.69) is 0 Å². The molecule has 1 rings (SSSR count). The van der Waals surface area contributed by atoms with Gasteiger partial charge in [0.25, 0.3) is 0 Å². The zero-order valence-corrected chi connectivity index (χ0v) is 9.79. The monoisotopic (exact) mass is 237 g/mol. The molecule has 5 nitrogen and oxygen atoms in total. The SMILES string of the molecule is CCOc1cccc(C(C(=O)O)N(C)C=O)c1. The molecule has 5 heteroatoms. The number of rotatable bonds is 6. The molecule has 0 aliphatic rings. The highest BCUT2D eigenvalue weighted by Crippen LogP contribution is 2.23. The summed E-state index contributed by atoms with van der Waals surface area (Å²) in [6.45, 7) is 2.35. The smallest absolute Gasteiger partial charge is 0.331 e. The Morgan fingerprint density at radius 2 is 2.29 bits per heavy atom. The predicted molar refractivity (Wildman–Crippen MR) is 61.8 cm³/mol. The van der Waals surface area contributed by atoms with Gasteiger partial charge in [-0.25, -0.2) is 4.79 Å². The lowest BCUT2D eigenvalue weighted by Crippen LogP contribution is -2.29. The molecule has 0 saturated heterocycles. The third-order valence-electron chi connectivity index (χ3n) is 2.29. The number of likely N-dealkylation sites (N-methyl/N-ethyl adjacent to an activating group) is 1. The van der Waals surface area contributed by atoms with Gasteiger partial charge in [0.05, 0.1) is 6.61 Å². The molecule has 1 amide bonds. The average molecular weight is 237 g/mol. The van der Waals surface area contributed by atoms with Crippen molar-refractivity contribution in [2.24, 2.45) is 0 Å². The third kappa shape index (κ3) is 3.21. The molecule has 17 heavy (non-hydrogen) atoms. The van der Waals surface area contributed by atoms with E-state index < -0.39 is 12.0 Å². The number of hydrogen-bond acceptors (Lipinski definition) is 3. The highest BCUT2D eigenvalue weighted by atomic mass is 16.5. The number of aliphatic carboxylic acids is 1. The number of ether oxygens (including phenoxy) is 1. The van der Waals surface area contributed by atoms with Crippen LogP contribution >= 0.6 is 0 Å². The lowest BCUT2D eigenvalue weighted by Gasteiger charge is -2.21. The van der Waals surface area contributed by atoms with Crippen LogP contribution in [0.25, 0.3) is 0 Å². The maximum atomic E-state index is 11.1. The van der Waals surface area contributed by atoms with Crippen molar-refractivity contribution in [2.45, 2.75) is 13.0 Å². The number of carbonyl (C=O) groups excluding carboxylic acids is 1. The molecular formula is C12H15NO4. The molecule has 0 aromatic heterocycles. The number of carboxylic acid groups (broad SMARTS) is 1. The van der Waals surface area contributed by atoms with E-state index in [0.29, 0.717) is 24.3 Å². The molecule has 1 atom stereocenters. The van der Waals surface area contributed by atoms with Crippen LogP contribution in [-0.4, -0.2) is 36.0 Å². The molecule has 0 heterocycles. The van der Waals surface area contributed by atoms with Crippen LogP contribution in [-0.2, 0) is 9.59 Å². The van der Waals surface area contributed by atoms with Crippen LogP contribution in [0.2, 0.25) is 0 Å². The van der Waals surface area contributed by atoms with Gasteiger partial charge >= 0.3 is 5.97 Å². The Bertz CT molecular complexity index is 405. The van der Waals surface area contributed by atoms with Gasteiger partial charge in [0.1, 0.15) is 5.75 Å². The summed E-state index contributed by atoms with van der Waals surface area (Å²) in [5, 5.41) is 9.11. The van der Waals surface area contributed by atoms with Gasteiger partial charge in [-0.2, -0.15) is 0 Å². The van der Waals surface area contributed by atoms with Gasteiger partial charge in [-0.1, -0.05) is 12.1 Å². The predicted octanol–water partition coefficient (Wildman–Crippen LogP) is 1.30. The van der Waals surface area contributed by atoms with Gasteiger partial charge < -0.3 is 14.7 Å². The van der Waals surface area contributed by atoms with Crippen molar-refractivity contribution < 1.29 is 19.4 Å². The molecule has 92 valence electrons. The average Bonchev–Trinajstić information content (AvgIpc) is 2.29. The number of amides is 1. The van der Waals surface area contributed by atoms with Crippen molar-refractivity contribution in [2.75, 3.05) is 13.7 Å². The summed E-state index contributed by atoms with van der Waals surface area (Å²) in [5.41, 5.74) is 0.512. The third-order valence-corrected chi connectivity index (χ3v) is 2.29. The van der Waals surface area contributed by atoms with Crippen LogP contribution in [0.1, 0.15) is 18.5 Å². The van der Waals surface area contributed by atoms with E-state index in [-0.39, 0.29) is 0 Å². The minimum atomic E-state index is -1.08. The lowest BCUT2D eigenvalue weighted by atomic mass is 10.1. The molecule has 0 aliphatic heterocycles.